The number of amidine groups is 1. The highest BCUT2D eigenvalue weighted by Gasteiger charge is 2.24. The van der Waals surface area contributed by atoms with Gasteiger partial charge in [-0.2, -0.15) is 0 Å². The van der Waals surface area contributed by atoms with Crippen molar-refractivity contribution in [2.75, 3.05) is 0 Å². The second kappa shape index (κ2) is 4.84. The Morgan fingerprint density at radius 2 is 1.72 bits per heavy atom. The molecule has 0 aromatic heterocycles. The molecule has 2 aromatic carbocycles. The molecule has 0 amide bonds. The van der Waals surface area contributed by atoms with E-state index >= 15 is 0 Å². The molecule has 3 nitrogen and oxygen atoms in total. The minimum atomic E-state index is 0.00565. The Morgan fingerprint density at radius 3 is 2.50 bits per heavy atom. The second-order valence-electron chi connectivity index (χ2n) is 3.99. The Balaban J connectivity index is 2.04. The van der Waals surface area contributed by atoms with E-state index in [0.717, 1.165) is 16.1 Å². The molecule has 18 heavy (non-hydrogen) atoms. The highest BCUT2D eigenvalue weighted by molar-refractivity contribution is 8.00. The molecule has 0 saturated heterocycles. The molecule has 1 atom stereocenters. The maximum Gasteiger partial charge on any atom is 0.144 e. The number of thioether (sulfide) groups is 1. The number of nitrogens with zero attached hydrogens (tertiary/aromatic N) is 1. The summed E-state index contributed by atoms with van der Waals surface area (Å²) in [6, 6.07) is 18.0. The van der Waals surface area contributed by atoms with E-state index in [1.807, 2.05) is 54.6 Å². The van der Waals surface area contributed by atoms with Crippen LogP contribution in [0.1, 0.15) is 10.8 Å². The molecule has 0 aliphatic carbocycles. The molecule has 2 N–H and O–H groups in total. The van der Waals surface area contributed by atoms with Gasteiger partial charge in [0, 0.05) is 4.90 Å². The number of hydrogen-bond donors (Lipinski definition) is 2. The van der Waals surface area contributed by atoms with E-state index < -0.39 is 0 Å². The molecule has 3 rings (SSSR count). The van der Waals surface area contributed by atoms with Crippen molar-refractivity contribution in [1.29, 1.82) is 0 Å². The highest BCUT2D eigenvalue weighted by atomic mass is 32.2. The van der Waals surface area contributed by atoms with Crippen LogP contribution < -0.4 is 5.48 Å². The topological polar surface area (TPSA) is 44.6 Å². The highest BCUT2D eigenvalue weighted by Crippen LogP contribution is 2.44. The Bertz CT molecular complexity index is 583. The molecule has 4 heteroatoms. The molecule has 0 fully saturated rings. The van der Waals surface area contributed by atoms with Crippen LogP contribution >= 0.6 is 11.8 Å². The predicted octanol–water partition coefficient (Wildman–Crippen LogP) is 3.54. The fourth-order valence-electron chi connectivity index (χ4n) is 1.96. The van der Waals surface area contributed by atoms with Crippen molar-refractivity contribution in [2.45, 2.75) is 10.1 Å². The van der Waals surface area contributed by atoms with Crippen LogP contribution in [0.2, 0.25) is 0 Å². The van der Waals surface area contributed by atoms with Gasteiger partial charge in [0.2, 0.25) is 0 Å². The summed E-state index contributed by atoms with van der Waals surface area (Å²) in [6.07, 6.45) is 0. The molecule has 1 aliphatic heterocycles. The summed E-state index contributed by atoms with van der Waals surface area (Å²) in [5.74, 6) is 0.574. The number of hydroxylamine groups is 1. The van der Waals surface area contributed by atoms with Gasteiger partial charge in [-0.25, -0.2) is 4.99 Å². The third kappa shape index (κ3) is 2.00. The zero-order valence-corrected chi connectivity index (χ0v) is 10.4. The van der Waals surface area contributed by atoms with Crippen LogP contribution in [0.3, 0.4) is 0 Å². The van der Waals surface area contributed by atoms with Crippen LogP contribution in [0.5, 0.6) is 0 Å². The lowest BCUT2D eigenvalue weighted by atomic mass is 10.1. The summed E-state index contributed by atoms with van der Waals surface area (Å²) in [7, 11) is 0. The van der Waals surface area contributed by atoms with Crippen LogP contribution in [-0.2, 0) is 0 Å². The number of fused-ring (bicyclic) bond motifs is 1. The normalized spacial score (nSPS) is 17.8. The zero-order chi connectivity index (χ0) is 12.4. The number of nitrogens with one attached hydrogen (secondary N) is 1. The average Bonchev–Trinajstić information content (AvgIpc) is 2.46. The van der Waals surface area contributed by atoms with E-state index in [4.69, 9.17) is 0 Å². The maximum atomic E-state index is 9.25. The fourth-order valence-corrected chi connectivity index (χ4v) is 3.11. The summed E-state index contributed by atoms with van der Waals surface area (Å²) in [5, 5.41) is 9.26. The van der Waals surface area contributed by atoms with Crippen molar-refractivity contribution in [3.63, 3.8) is 0 Å². The minimum absolute atomic E-state index is 0.00565. The summed E-state index contributed by atoms with van der Waals surface area (Å²) in [4.78, 5) is 5.59. The van der Waals surface area contributed by atoms with Gasteiger partial charge < -0.3 is 0 Å². The van der Waals surface area contributed by atoms with Crippen molar-refractivity contribution in [2.24, 2.45) is 4.99 Å². The van der Waals surface area contributed by atoms with Crippen LogP contribution in [0.15, 0.2) is 64.5 Å². The second-order valence-corrected chi connectivity index (χ2v) is 5.13. The molecule has 2 aromatic rings. The van der Waals surface area contributed by atoms with E-state index in [0.29, 0.717) is 5.84 Å². The van der Waals surface area contributed by atoms with Crippen molar-refractivity contribution >= 4 is 23.3 Å². The summed E-state index contributed by atoms with van der Waals surface area (Å²) in [6.45, 7) is 0. The molecule has 0 saturated carbocycles. The standard InChI is InChI=1S/C14H12N2OS/c17-16-14-13(10-6-2-1-3-7-10)18-12-9-5-4-8-11(12)15-14/h1-9,13,17H,(H,15,16). The molecule has 1 unspecified atom stereocenters. The summed E-state index contributed by atoms with van der Waals surface area (Å²) in [5.41, 5.74) is 4.24. The van der Waals surface area contributed by atoms with Gasteiger partial charge in [0.15, 0.2) is 0 Å². The van der Waals surface area contributed by atoms with Gasteiger partial charge in [-0.3, -0.25) is 10.7 Å². The van der Waals surface area contributed by atoms with Crippen LogP contribution in [-0.4, -0.2) is 11.0 Å². The van der Waals surface area contributed by atoms with Gasteiger partial charge in [-0.15, -0.1) is 11.8 Å². The Morgan fingerprint density at radius 1 is 1.00 bits per heavy atom. The molecule has 0 radical (unpaired) electrons. The Hall–Kier alpha value is -1.78. The van der Waals surface area contributed by atoms with Gasteiger partial charge in [0.1, 0.15) is 5.84 Å². The van der Waals surface area contributed by atoms with E-state index in [1.54, 1.807) is 11.8 Å². The number of rotatable bonds is 1. The minimum Gasteiger partial charge on any atom is -0.290 e. The molecule has 0 bridgehead atoms. The summed E-state index contributed by atoms with van der Waals surface area (Å²) >= 11 is 1.69. The predicted molar refractivity (Wildman–Crippen MR) is 73.5 cm³/mol. The molecule has 1 aliphatic rings. The first kappa shape index (κ1) is 11.3. The monoisotopic (exact) mass is 256 g/mol. The van der Waals surface area contributed by atoms with Crippen LogP contribution in [0.25, 0.3) is 0 Å². The van der Waals surface area contributed by atoms with Crippen LogP contribution in [0.4, 0.5) is 5.69 Å². The van der Waals surface area contributed by atoms with Gasteiger partial charge in [0.05, 0.1) is 10.9 Å². The third-order valence-corrected chi connectivity index (χ3v) is 4.15. The summed E-state index contributed by atoms with van der Waals surface area (Å²) < 4.78 is 0. The molecular formula is C14H12N2OS. The van der Waals surface area contributed by atoms with E-state index in [-0.39, 0.29) is 5.25 Å². The van der Waals surface area contributed by atoms with Crippen LogP contribution in [0, 0.1) is 0 Å². The van der Waals surface area contributed by atoms with E-state index in [9.17, 15) is 5.21 Å². The Labute approximate surface area is 110 Å². The molecule has 90 valence electrons. The smallest absolute Gasteiger partial charge is 0.144 e. The number of benzene rings is 2. The average molecular weight is 256 g/mol. The first-order valence-corrected chi connectivity index (χ1v) is 6.56. The first-order valence-electron chi connectivity index (χ1n) is 5.68. The van der Waals surface area contributed by atoms with E-state index in [1.165, 1.54) is 0 Å². The van der Waals surface area contributed by atoms with Gasteiger partial charge in [-0.05, 0) is 17.7 Å². The number of hydrogen-bond acceptors (Lipinski definition) is 4. The molecule has 0 spiro atoms. The largest absolute Gasteiger partial charge is 0.290 e. The van der Waals surface area contributed by atoms with E-state index in [2.05, 4.69) is 10.5 Å². The lowest BCUT2D eigenvalue weighted by molar-refractivity contribution is 0.232. The molecule has 1 heterocycles. The van der Waals surface area contributed by atoms with Crippen molar-refractivity contribution in [3.8, 4) is 0 Å². The first-order chi connectivity index (χ1) is 8.88. The van der Waals surface area contributed by atoms with Gasteiger partial charge in [0.25, 0.3) is 0 Å². The van der Waals surface area contributed by atoms with Crippen molar-refractivity contribution in [1.82, 2.24) is 5.48 Å². The zero-order valence-electron chi connectivity index (χ0n) is 9.58. The molecular weight excluding hydrogens is 244 g/mol. The SMILES string of the molecule is ONC1=Nc2ccccc2SC1c1ccccc1. The maximum absolute atomic E-state index is 9.25. The number of aliphatic imine (C=N–C) groups is 1. The third-order valence-electron chi connectivity index (χ3n) is 2.82. The van der Waals surface area contributed by atoms with Gasteiger partial charge >= 0.3 is 0 Å². The lowest BCUT2D eigenvalue weighted by Gasteiger charge is -2.23. The fraction of sp³-hybridized carbons (Fsp3) is 0.0714. The quantitative estimate of drug-likeness (QED) is 0.767. The van der Waals surface area contributed by atoms with Crippen molar-refractivity contribution < 1.29 is 5.21 Å². The number of para-hydroxylation sites is 1. The van der Waals surface area contributed by atoms with Crippen molar-refractivity contribution in [3.05, 3.63) is 60.2 Å². The van der Waals surface area contributed by atoms with Gasteiger partial charge in [-0.1, -0.05) is 42.5 Å². The lowest BCUT2D eigenvalue weighted by Crippen LogP contribution is -2.26. The Kier molecular flexibility index (Phi) is 3.04.